The summed E-state index contributed by atoms with van der Waals surface area (Å²) < 4.78 is 36.7. The fourth-order valence-corrected chi connectivity index (χ4v) is 5.88. The molecule has 0 radical (unpaired) electrons. The first kappa shape index (κ1) is 29.8. The molecule has 0 amide bonds. The molecule has 0 spiro atoms. The van der Waals surface area contributed by atoms with Crippen LogP contribution in [0.4, 0.5) is 0 Å². The normalized spacial score (nSPS) is 29.5. The molecule has 6 atom stereocenters. The number of benzene rings is 1. The van der Waals surface area contributed by atoms with Gasteiger partial charge in [-0.2, -0.15) is 0 Å². The molecule has 224 valence electrons. The van der Waals surface area contributed by atoms with Gasteiger partial charge in [0.1, 0.15) is 5.78 Å². The minimum atomic E-state index is -0.798. The molecule has 2 saturated heterocycles. The summed E-state index contributed by atoms with van der Waals surface area (Å²) in [5.41, 5.74) is 0. The van der Waals surface area contributed by atoms with Crippen molar-refractivity contribution in [3.05, 3.63) is 48.6 Å². The lowest BCUT2D eigenvalue weighted by molar-refractivity contribution is -0.208. The van der Waals surface area contributed by atoms with E-state index in [4.69, 9.17) is 33.5 Å². The van der Waals surface area contributed by atoms with Gasteiger partial charge in [-0.1, -0.05) is 36.4 Å². The quantitative estimate of drug-likeness (QED) is 0.240. The highest BCUT2D eigenvalue weighted by Crippen LogP contribution is 2.39. The SMILES string of the molecule is O=C(O)CCC/C=C\C[C@H]1C(=O)C[C@@H](OC2CCCCO2)[C@@H]1/C=C/[C@H](OC1CCCCO1)C1Oc2ccccc2O1. The number of carboxylic acid groups (broad SMARTS) is 1. The second kappa shape index (κ2) is 15.0. The van der Waals surface area contributed by atoms with E-state index in [0.717, 1.165) is 38.5 Å². The monoisotopic (exact) mass is 570 g/mol. The molecule has 1 saturated carbocycles. The maximum absolute atomic E-state index is 13.2. The molecule has 41 heavy (non-hydrogen) atoms. The Balaban J connectivity index is 1.31. The van der Waals surface area contributed by atoms with Crippen molar-refractivity contribution in [1.29, 1.82) is 0 Å². The first-order chi connectivity index (χ1) is 20.1. The molecule has 5 rings (SSSR count). The van der Waals surface area contributed by atoms with Crippen molar-refractivity contribution >= 4 is 11.8 Å². The smallest absolute Gasteiger partial charge is 0.303 e. The number of allylic oxidation sites excluding steroid dienone is 2. The first-order valence-electron chi connectivity index (χ1n) is 15.1. The van der Waals surface area contributed by atoms with Gasteiger partial charge in [0, 0.05) is 37.9 Å². The zero-order valence-corrected chi connectivity index (χ0v) is 23.6. The molecule has 0 bridgehead atoms. The van der Waals surface area contributed by atoms with Crippen LogP contribution in [0.1, 0.15) is 70.6 Å². The molecule has 9 heteroatoms. The number of para-hydroxylation sites is 2. The van der Waals surface area contributed by atoms with Crippen LogP contribution in [0.15, 0.2) is 48.6 Å². The van der Waals surface area contributed by atoms with Crippen molar-refractivity contribution in [3.63, 3.8) is 0 Å². The molecule has 3 fully saturated rings. The lowest BCUT2D eigenvalue weighted by Crippen LogP contribution is -2.39. The minimum absolute atomic E-state index is 0.136. The van der Waals surface area contributed by atoms with Gasteiger partial charge in [-0.25, -0.2) is 0 Å². The number of hydrogen-bond donors (Lipinski definition) is 1. The molecule has 1 aromatic rings. The van der Waals surface area contributed by atoms with Gasteiger partial charge in [0.05, 0.1) is 6.10 Å². The van der Waals surface area contributed by atoms with Crippen LogP contribution < -0.4 is 9.47 Å². The van der Waals surface area contributed by atoms with Crippen LogP contribution in [0.2, 0.25) is 0 Å². The van der Waals surface area contributed by atoms with E-state index < -0.39 is 18.4 Å². The van der Waals surface area contributed by atoms with E-state index in [9.17, 15) is 9.59 Å². The summed E-state index contributed by atoms with van der Waals surface area (Å²) in [5, 5.41) is 8.88. The molecule has 2 unspecified atom stereocenters. The van der Waals surface area contributed by atoms with Crippen molar-refractivity contribution < 1.29 is 43.1 Å². The second-order valence-electron chi connectivity index (χ2n) is 11.2. The average Bonchev–Trinajstić information content (AvgIpc) is 3.54. The summed E-state index contributed by atoms with van der Waals surface area (Å²) in [4.78, 5) is 24.0. The summed E-state index contributed by atoms with van der Waals surface area (Å²) >= 11 is 0. The van der Waals surface area contributed by atoms with Crippen molar-refractivity contribution in [1.82, 2.24) is 0 Å². The fraction of sp³-hybridized carbons (Fsp3) is 0.625. The Kier molecular flexibility index (Phi) is 10.9. The van der Waals surface area contributed by atoms with E-state index in [1.54, 1.807) is 0 Å². The number of ketones is 1. The van der Waals surface area contributed by atoms with Crippen LogP contribution in [0.25, 0.3) is 0 Å². The van der Waals surface area contributed by atoms with Gasteiger partial charge < -0.3 is 33.5 Å². The number of unbranched alkanes of at least 4 members (excludes halogenated alkanes) is 1. The number of rotatable bonds is 13. The number of ether oxygens (including phenoxy) is 6. The van der Waals surface area contributed by atoms with E-state index in [1.807, 2.05) is 48.6 Å². The van der Waals surface area contributed by atoms with Gasteiger partial charge in [0.25, 0.3) is 6.29 Å². The Bertz CT molecular complexity index is 1030. The Hall–Kier alpha value is -2.72. The van der Waals surface area contributed by atoms with Gasteiger partial charge >= 0.3 is 5.97 Å². The molecular formula is C32H42O9. The Morgan fingerprint density at radius 1 is 1.00 bits per heavy atom. The largest absolute Gasteiger partial charge is 0.481 e. The van der Waals surface area contributed by atoms with E-state index in [-0.39, 0.29) is 42.7 Å². The van der Waals surface area contributed by atoms with Crippen LogP contribution in [-0.2, 0) is 28.5 Å². The zero-order valence-electron chi connectivity index (χ0n) is 23.6. The average molecular weight is 571 g/mol. The van der Waals surface area contributed by atoms with Crippen molar-refractivity contribution in [3.8, 4) is 11.5 Å². The highest BCUT2D eigenvalue weighted by molar-refractivity contribution is 5.85. The molecule has 0 aromatic heterocycles. The zero-order chi connectivity index (χ0) is 28.4. The van der Waals surface area contributed by atoms with E-state index in [1.165, 1.54) is 0 Å². The summed E-state index contributed by atoms with van der Waals surface area (Å²) in [6, 6.07) is 7.55. The van der Waals surface area contributed by atoms with Crippen LogP contribution in [-0.4, -0.2) is 61.2 Å². The van der Waals surface area contributed by atoms with Crippen molar-refractivity contribution in [2.75, 3.05) is 13.2 Å². The third kappa shape index (κ3) is 8.41. The molecule has 3 heterocycles. The van der Waals surface area contributed by atoms with E-state index in [0.29, 0.717) is 50.4 Å². The highest BCUT2D eigenvalue weighted by Gasteiger charge is 2.43. The lowest BCUT2D eigenvalue weighted by atomic mass is 9.90. The van der Waals surface area contributed by atoms with Crippen molar-refractivity contribution in [2.45, 2.75) is 102 Å². The first-order valence-corrected chi connectivity index (χ1v) is 15.1. The predicted octanol–water partition coefficient (Wildman–Crippen LogP) is 5.57. The summed E-state index contributed by atoms with van der Waals surface area (Å²) in [5.74, 6) is 0.254. The highest BCUT2D eigenvalue weighted by atomic mass is 16.8. The fourth-order valence-electron chi connectivity index (χ4n) is 5.88. The summed E-state index contributed by atoms with van der Waals surface area (Å²) in [7, 11) is 0. The minimum Gasteiger partial charge on any atom is -0.481 e. The van der Waals surface area contributed by atoms with Gasteiger partial charge in [0.2, 0.25) is 0 Å². The van der Waals surface area contributed by atoms with Gasteiger partial charge in [-0.15, -0.1) is 0 Å². The van der Waals surface area contributed by atoms with E-state index in [2.05, 4.69) is 0 Å². The van der Waals surface area contributed by atoms with Crippen LogP contribution in [0.5, 0.6) is 11.5 Å². The Labute approximate surface area is 241 Å². The molecular weight excluding hydrogens is 528 g/mol. The number of hydrogen-bond acceptors (Lipinski definition) is 8. The Morgan fingerprint density at radius 3 is 2.37 bits per heavy atom. The number of carbonyl (C=O) groups is 2. The third-order valence-corrected chi connectivity index (χ3v) is 8.07. The number of carbonyl (C=O) groups excluding carboxylic acids is 1. The summed E-state index contributed by atoms with van der Waals surface area (Å²) in [6.07, 6.45) is 13.7. The number of aliphatic carboxylic acids is 1. The van der Waals surface area contributed by atoms with Gasteiger partial charge in [-0.3, -0.25) is 9.59 Å². The maximum atomic E-state index is 13.2. The molecule has 4 aliphatic rings. The standard InChI is InChI=1S/C32H42O9/c33-24-21-28(39-31-16-8-10-20-37-31)23(22(24)11-3-1-2-4-14-29(34)35)17-18-27(38-30-15-7-9-19-36-30)32-40-25-12-5-6-13-26(25)41-32/h1,3,5-6,12-13,17-18,22-23,27-28,30-32H,2,4,7-11,14-16,19-21H2,(H,34,35)/b3-1-,18-17+/t22-,23-,27+,28-,30?,31?/m1/s1. The third-order valence-electron chi connectivity index (χ3n) is 8.07. The van der Waals surface area contributed by atoms with Gasteiger partial charge in [-0.05, 0) is 69.9 Å². The molecule has 9 nitrogen and oxygen atoms in total. The van der Waals surface area contributed by atoms with E-state index >= 15 is 0 Å². The van der Waals surface area contributed by atoms with Crippen LogP contribution in [0.3, 0.4) is 0 Å². The Morgan fingerprint density at radius 2 is 1.71 bits per heavy atom. The molecule has 3 aliphatic heterocycles. The number of Topliss-reactive ketones (excluding diaryl/α,β-unsaturated/α-hetero) is 1. The summed E-state index contributed by atoms with van der Waals surface area (Å²) in [6.45, 7) is 1.32. The topological polar surface area (TPSA) is 110 Å². The molecule has 1 N–H and O–H groups in total. The lowest BCUT2D eigenvalue weighted by Gasteiger charge is -2.30. The second-order valence-corrected chi connectivity index (χ2v) is 11.2. The van der Waals surface area contributed by atoms with Crippen LogP contribution >= 0.6 is 0 Å². The predicted molar refractivity (Wildman–Crippen MR) is 149 cm³/mol. The number of carboxylic acids is 1. The molecule has 1 aromatic carbocycles. The van der Waals surface area contributed by atoms with Crippen molar-refractivity contribution in [2.24, 2.45) is 11.8 Å². The van der Waals surface area contributed by atoms with Crippen LogP contribution in [0, 0.1) is 11.8 Å². The molecule has 1 aliphatic carbocycles. The van der Waals surface area contributed by atoms with Gasteiger partial charge in [0.15, 0.2) is 30.2 Å². The number of fused-ring (bicyclic) bond motifs is 1. The maximum Gasteiger partial charge on any atom is 0.303 e.